The Morgan fingerprint density at radius 3 is 2.44 bits per heavy atom. The number of urea groups is 1. The normalized spacial score (nSPS) is 20.6. The first-order valence-corrected chi connectivity index (χ1v) is 16.2. The number of nitrogens with zero attached hydrogens (tertiary/aromatic N) is 3. The highest BCUT2D eigenvalue weighted by molar-refractivity contribution is 9.10. The first-order valence-electron chi connectivity index (χ1n) is 14.0. The summed E-state index contributed by atoms with van der Waals surface area (Å²) < 4.78 is 37.3. The molecular formula is C29H38BrN3O5S. The van der Waals surface area contributed by atoms with Crippen LogP contribution in [-0.2, 0) is 27.7 Å². The van der Waals surface area contributed by atoms with E-state index < -0.39 is 10.1 Å². The standard InChI is InChI=1S/C29H38BrN3O5S/c1-2-13-33(24-11-14-31(15-12-24)29(34)32-16-18-37-19-17-32)25-9-7-22-8-10-26(21-23(22)20-25)38-39(35,36)28-6-4-3-5-27(28)30/h3-6,8,10,21,24-25H,2,7,9,11-20H2,1H3. The zero-order valence-corrected chi connectivity index (χ0v) is 25.0. The highest BCUT2D eigenvalue weighted by Gasteiger charge is 2.34. The lowest BCUT2D eigenvalue weighted by molar-refractivity contribution is 0.0330. The number of carbonyl (C=O) groups is 1. The number of likely N-dealkylation sites (tertiary alicyclic amines) is 1. The third-order valence-corrected chi connectivity index (χ3v) is 10.4. The van der Waals surface area contributed by atoms with Crippen LogP contribution in [0.2, 0.25) is 0 Å². The van der Waals surface area contributed by atoms with Gasteiger partial charge in [0.25, 0.3) is 0 Å². The Morgan fingerprint density at radius 1 is 1.00 bits per heavy atom. The van der Waals surface area contributed by atoms with Crippen molar-refractivity contribution in [1.82, 2.24) is 14.7 Å². The van der Waals surface area contributed by atoms with Crippen molar-refractivity contribution in [3.05, 3.63) is 58.1 Å². The predicted octanol–water partition coefficient (Wildman–Crippen LogP) is 4.70. The van der Waals surface area contributed by atoms with Gasteiger partial charge >= 0.3 is 16.1 Å². The van der Waals surface area contributed by atoms with Crippen LogP contribution in [0.4, 0.5) is 4.79 Å². The van der Waals surface area contributed by atoms with Gasteiger partial charge in [0.1, 0.15) is 10.6 Å². The topological polar surface area (TPSA) is 79.4 Å². The summed E-state index contributed by atoms with van der Waals surface area (Å²) in [5, 5.41) is 0. The molecule has 0 spiro atoms. The molecule has 39 heavy (non-hydrogen) atoms. The molecule has 10 heteroatoms. The van der Waals surface area contributed by atoms with E-state index in [4.69, 9.17) is 8.92 Å². The number of halogens is 1. The average Bonchev–Trinajstić information content (AvgIpc) is 2.95. The fraction of sp³-hybridized carbons (Fsp3) is 0.552. The zero-order valence-electron chi connectivity index (χ0n) is 22.6. The van der Waals surface area contributed by atoms with Gasteiger partial charge in [-0.25, -0.2) is 4.79 Å². The van der Waals surface area contributed by atoms with E-state index in [1.54, 1.807) is 24.3 Å². The largest absolute Gasteiger partial charge is 0.379 e. The molecule has 0 bridgehead atoms. The van der Waals surface area contributed by atoms with E-state index in [2.05, 4.69) is 27.8 Å². The number of morpholine rings is 1. The molecule has 0 radical (unpaired) electrons. The Bertz CT molecular complexity index is 1260. The number of hydrogen-bond acceptors (Lipinski definition) is 6. The lowest BCUT2D eigenvalue weighted by Gasteiger charge is -2.44. The van der Waals surface area contributed by atoms with E-state index in [0.717, 1.165) is 63.7 Å². The Morgan fingerprint density at radius 2 is 1.72 bits per heavy atom. The highest BCUT2D eigenvalue weighted by Crippen LogP contribution is 2.32. The molecule has 2 amide bonds. The number of fused-ring (bicyclic) bond motifs is 1. The summed E-state index contributed by atoms with van der Waals surface area (Å²) in [6, 6.07) is 13.4. The van der Waals surface area contributed by atoms with Crippen LogP contribution in [0, 0.1) is 0 Å². The van der Waals surface area contributed by atoms with Crippen molar-refractivity contribution in [2.24, 2.45) is 0 Å². The minimum Gasteiger partial charge on any atom is -0.379 e. The summed E-state index contributed by atoms with van der Waals surface area (Å²) >= 11 is 3.32. The van der Waals surface area contributed by atoms with Crippen LogP contribution < -0.4 is 4.18 Å². The molecule has 2 aliphatic heterocycles. The number of amides is 2. The van der Waals surface area contributed by atoms with E-state index in [-0.39, 0.29) is 10.9 Å². The van der Waals surface area contributed by atoms with Crippen molar-refractivity contribution < 1.29 is 22.1 Å². The Hall–Kier alpha value is -2.14. The van der Waals surface area contributed by atoms with Crippen molar-refractivity contribution in [2.45, 2.75) is 62.4 Å². The van der Waals surface area contributed by atoms with Crippen LogP contribution in [0.5, 0.6) is 5.75 Å². The molecule has 2 heterocycles. The summed E-state index contributed by atoms with van der Waals surface area (Å²) in [7, 11) is -3.95. The fourth-order valence-corrected chi connectivity index (χ4v) is 8.01. The van der Waals surface area contributed by atoms with Gasteiger partial charge < -0.3 is 18.7 Å². The van der Waals surface area contributed by atoms with Crippen molar-refractivity contribution in [2.75, 3.05) is 45.9 Å². The van der Waals surface area contributed by atoms with Gasteiger partial charge in [0, 0.05) is 42.7 Å². The van der Waals surface area contributed by atoms with Gasteiger partial charge in [-0.2, -0.15) is 8.42 Å². The van der Waals surface area contributed by atoms with Gasteiger partial charge in [0.05, 0.1) is 13.2 Å². The molecular weight excluding hydrogens is 582 g/mol. The molecule has 1 unspecified atom stereocenters. The molecule has 5 rings (SSSR count). The maximum absolute atomic E-state index is 13.0. The molecule has 212 valence electrons. The first-order chi connectivity index (χ1) is 18.9. The van der Waals surface area contributed by atoms with E-state index in [1.165, 1.54) is 11.6 Å². The molecule has 0 aromatic heterocycles. The minimum absolute atomic E-state index is 0.119. The fourth-order valence-electron chi connectivity index (χ4n) is 6.13. The highest BCUT2D eigenvalue weighted by atomic mass is 79.9. The SMILES string of the molecule is CCCN(C1CCN(C(=O)N2CCOCC2)CC1)C1CCc2ccc(OS(=O)(=O)c3ccccc3Br)cc2C1. The van der Waals surface area contributed by atoms with Gasteiger partial charge in [0.2, 0.25) is 0 Å². The molecule has 2 fully saturated rings. The summed E-state index contributed by atoms with van der Waals surface area (Å²) in [5.74, 6) is 0.349. The van der Waals surface area contributed by atoms with Crippen LogP contribution in [0.25, 0.3) is 0 Å². The van der Waals surface area contributed by atoms with Gasteiger partial charge in [-0.1, -0.05) is 25.1 Å². The lowest BCUT2D eigenvalue weighted by atomic mass is 9.86. The molecule has 0 saturated carbocycles. The summed E-state index contributed by atoms with van der Waals surface area (Å²) in [4.78, 5) is 19.7. The molecule has 2 aromatic rings. The smallest absolute Gasteiger partial charge is 0.340 e. The predicted molar refractivity (Wildman–Crippen MR) is 154 cm³/mol. The lowest BCUT2D eigenvalue weighted by Crippen LogP contribution is -2.54. The Labute approximate surface area is 240 Å². The molecule has 2 aromatic carbocycles. The number of rotatable bonds is 7. The summed E-state index contributed by atoms with van der Waals surface area (Å²) in [6.45, 7) is 7.42. The van der Waals surface area contributed by atoms with Crippen molar-refractivity contribution in [3.8, 4) is 5.75 Å². The maximum atomic E-state index is 13.0. The second kappa shape index (κ2) is 12.6. The van der Waals surface area contributed by atoms with Crippen LogP contribution in [0.3, 0.4) is 0 Å². The second-order valence-corrected chi connectivity index (χ2v) is 13.0. The summed E-state index contributed by atoms with van der Waals surface area (Å²) in [5.41, 5.74) is 2.42. The molecule has 1 aliphatic carbocycles. The number of ether oxygens (including phenoxy) is 1. The molecule has 0 N–H and O–H groups in total. The third-order valence-electron chi connectivity index (χ3n) is 8.13. The van der Waals surface area contributed by atoms with Crippen LogP contribution in [0.1, 0.15) is 43.7 Å². The van der Waals surface area contributed by atoms with E-state index in [1.807, 2.05) is 21.9 Å². The second-order valence-electron chi connectivity index (χ2n) is 10.6. The monoisotopic (exact) mass is 619 g/mol. The Kier molecular flexibility index (Phi) is 9.16. The van der Waals surface area contributed by atoms with Gasteiger partial charge in [-0.15, -0.1) is 0 Å². The number of benzene rings is 2. The molecule has 2 saturated heterocycles. The number of piperidine rings is 1. The number of aryl methyl sites for hydroxylation is 1. The average molecular weight is 621 g/mol. The number of carbonyl (C=O) groups excluding carboxylic acids is 1. The third kappa shape index (κ3) is 6.61. The summed E-state index contributed by atoms with van der Waals surface area (Å²) in [6.07, 6.45) is 5.94. The first kappa shape index (κ1) is 28.4. The zero-order chi connectivity index (χ0) is 27.4. The van der Waals surface area contributed by atoms with Crippen molar-refractivity contribution >= 4 is 32.1 Å². The maximum Gasteiger partial charge on any atom is 0.340 e. The van der Waals surface area contributed by atoms with Crippen molar-refractivity contribution in [3.63, 3.8) is 0 Å². The van der Waals surface area contributed by atoms with E-state index in [0.29, 0.717) is 48.6 Å². The van der Waals surface area contributed by atoms with Crippen LogP contribution in [0.15, 0.2) is 51.8 Å². The van der Waals surface area contributed by atoms with Gasteiger partial charge in [-0.05, 0) is 96.4 Å². The molecule has 3 aliphatic rings. The van der Waals surface area contributed by atoms with E-state index >= 15 is 0 Å². The van der Waals surface area contributed by atoms with Crippen LogP contribution >= 0.6 is 15.9 Å². The molecule has 1 atom stereocenters. The van der Waals surface area contributed by atoms with Crippen molar-refractivity contribution in [1.29, 1.82) is 0 Å². The molecule has 8 nitrogen and oxygen atoms in total. The quantitative estimate of drug-likeness (QED) is 0.418. The minimum atomic E-state index is -3.95. The van der Waals surface area contributed by atoms with Gasteiger partial charge in [-0.3, -0.25) is 4.90 Å². The van der Waals surface area contributed by atoms with E-state index in [9.17, 15) is 13.2 Å². The van der Waals surface area contributed by atoms with Gasteiger partial charge in [0.15, 0.2) is 0 Å². The number of hydrogen-bond donors (Lipinski definition) is 0. The Balaban J connectivity index is 1.24. The van der Waals surface area contributed by atoms with Crippen LogP contribution in [-0.4, -0.2) is 87.2 Å².